The molecule has 1 heterocycles. The van der Waals surface area contributed by atoms with Crippen LogP contribution in [0.1, 0.15) is 19.8 Å². The first kappa shape index (κ1) is 12.9. The Kier molecular flexibility index (Phi) is 5.21. The van der Waals surface area contributed by atoms with Gasteiger partial charge in [0.2, 0.25) is 11.2 Å². The van der Waals surface area contributed by atoms with Gasteiger partial charge in [-0.3, -0.25) is 0 Å². The first-order chi connectivity index (χ1) is 7.65. The van der Waals surface area contributed by atoms with Crippen LogP contribution >= 0.6 is 11.6 Å². The lowest BCUT2D eigenvalue weighted by Gasteiger charge is -2.08. The Morgan fingerprint density at radius 3 is 2.81 bits per heavy atom. The Morgan fingerprint density at radius 1 is 1.44 bits per heavy atom. The average Bonchev–Trinajstić information content (AvgIpc) is 2.28. The Morgan fingerprint density at radius 2 is 2.19 bits per heavy atom. The van der Waals surface area contributed by atoms with Gasteiger partial charge in [-0.15, -0.1) is 0 Å². The number of hydrogen-bond donors (Lipinski definition) is 2. The number of rotatable bonds is 6. The largest absolute Gasteiger partial charge is 0.467 e. The molecule has 1 atom stereocenters. The van der Waals surface area contributed by atoms with Crippen molar-refractivity contribution in [2.45, 2.75) is 25.9 Å². The van der Waals surface area contributed by atoms with Crippen molar-refractivity contribution < 1.29 is 9.84 Å². The van der Waals surface area contributed by atoms with E-state index in [0.717, 1.165) is 6.42 Å². The molecule has 16 heavy (non-hydrogen) atoms. The number of aliphatic hydroxyl groups excluding tert-OH is 1. The standard InChI is InChI=1S/C9H15ClN4O2/c1-3-6(15)4-5-11-8-12-7(10)13-9(14-8)16-2/h6,15H,3-5H2,1-2H3,(H,11,12,13,14). The molecule has 7 heteroatoms. The van der Waals surface area contributed by atoms with Crippen molar-refractivity contribution >= 4 is 17.5 Å². The van der Waals surface area contributed by atoms with Gasteiger partial charge in [-0.2, -0.15) is 15.0 Å². The molecule has 1 aromatic heterocycles. The van der Waals surface area contributed by atoms with Crippen LogP contribution in [0.2, 0.25) is 5.28 Å². The van der Waals surface area contributed by atoms with Crippen LogP contribution in [0.15, 0.2) is 0 Å². The summed E-state index contributed by atoms with van der Waals surface area (Å²) in [5.74, 6) is 0.347. The predicted octanol–water partition coefficient (Wildman–Crippen LogP) is 1.11. The van der Waals surface area contributed by atoms with Crippen molar-refractivity contribution in [2.75, 3.05) is 19.0 Å². The number of anilines is 1. The van der Waals surface area contributed by atoms with Crippen LogP contribution in [0.4, 0.5) is 5.95 Å². The summed E-state index contributed by atoms with van der Waals surface area (Å²) in [6.07, 6.45) is 1.04. The fraction of sp³-hybridized carbons (Fsp3) is 0.667. The fourth-order valence-electron chi connectivity index (χ4n) is 1.06. The van der Waals surface area contributed by atoms with Crippen molar-refractivity contribution in [1.82, 2.24) is 15.0 Å². The quantitative estimate of drug-likeness (QED) is 0.783. The van der Waals surface area contributed by atoms with E-state index in [-0.39, 0.29) is 17.4 Å². The van der Waals surface area contributed by atoms with E-state index in [9.17, 15) is 5.11 Å². The monoisotopic (exact) mass is 246 g/mol. The number of aromatic nitrogens is 3. The minimum atomic E-state index is -0.313. The number of methoxy groups -OCH3 is 1. The molecule has 1 rings (SSSR count). The van der Waals surface area contributed by atoms with Crippen LogP contribution in [-0.2, 0) is 0 Å². The smallest absolute Gasteiger partial charge is 0.322 e. The molecule has 0 spiro atoms. The maximum atomic E-state index is 9.35. The highest BCUT2D eigenvalue weighted by atomic mass is 35.5. The van der Waals surface area contributed by atoms with E-state index in [4.69, 9.17) is 16.3 Å². The van der Waals surface area contributed by atoms with Gasteiger partial charge in [0, 0.05) is 6.54 Å². The Balaban J connectivity index is 2.50. The third-order valence-electron chi connectivity index (χ3n) is 2.00. The molecule has 0 radical (unpaired) electrons. The SMILES string of the molecule is CCC(O)CCNc1nc(Cl)nc(OC)n1. The number of nitrogens with one attached hydrogen (secondary N) is 1. The molecule has 1 aromatic rings. The first-order valence-corrected chi connectivity index (χ1v) is 5.41. The molecular weight excluding hydrogens is 232 g/mol. The Hall–Kier alpha value is -1.14. The Labute approximate surface area is 99.0 Å². The summed E-state index contributed by atoms with van der Waals surface area (Å²) in [6.45, 7) is 2.49. The van der Waals surface area contributed by atoms with Gasteiger partial charge in [-0.05, 0) is 24.4 Å². The van der Waals surface area contributed by atoms with E-state index in [1.165, 1.54) is 7.11 Å². The van der Waals surface area contributed by atoms with Crippen molar-refractivity contribution in [3.63, 3.8) is 0 Å². The molecule has 0 fully saturated rings. The lowest BCUT2D eigenvalue weighted by molar-refractivity contribution is 0.164. The van der Waals surface area contributed by atoms with Crippen LogP contribution in [0.25, 0.3) is 0 Å². The number of hydrogen-bond acceptors (Lipinski definition) is 6. The van der Waals surface area contributed by atoms with E-state index >= 15 is 0 Å². The van der Waals surface area contributed by atoms with Crippen LogP contribution < -0.4 is 10.1 Å². The van der Waals surface area contributed by atoms with Crippen LogP contribution in [-0.4, -0.2) is 39.8 Å². The number of halogens is 1. The van der Waals surface area contributed by atoms with Gasteiger partial charge in [-0.1, -0.05) is 6.92 Å². The zero-order valence-corrected chi connectivity index (χ0v) is 10.0. The minimum absolute atomic E-state index is 0.0744. The van der Waals surface area contributed by atoms with Gasteiger partial charge >= 0.3 is 6.01 Å². The lowest BCUT2D eigenvalue weighted by Crippen LogP contribution is -2.14. The first-order valence-electron chi connectivity index (χ1n) is 5.03. The predicted molar refractivity (Wildman–Crippen MR) is 60.8 cm³/mol. The summed E-state index contributed by atoms with van der Waals surface area (Å²) >= 11 is 5.67. The van der Waals surface area contributed by atoms with Gasteiger partial charge in [0.15, 0.2) is 0 Å². The highest BCUT2D eigenvalue weighted by molar-refractivity contribution is 6.28. The van der Waals surface area contributed by atoms with E-state index in [2.05, 4.69) is 20.3 Å². The fourth-order valence-corrected chi connectivity index (χ4v) is 1.21. The van der Waals surface area contributed by atoms with Crippen molar-refractivity contribution in [3.8, 4) is 6.01 Å². The lowest BCUT2D eigenvalue weighted by atomic mass is 10.2. The molecule has 0 saturated heterocycles. The van der Waals surface area contributed by atoms with Crippen LogP contribution in [0.3, 0.4) is 0 Å². The third-order valence-corrected chi connectivity index (χ3v) is 2.17. The zero-order valence-electron chi connectivity index (χ0n) is 9.27. The maximum Gasteiger partial charge on any atom is 0.322 e. The molecular formula is C9H15ClN4O2. The summed E-state index contributed by atoms with van der Waals surface area (Å²) in [5.41, 5.74) is 0. The zero-order chi connectivity index (χ0) is 12.0. The number of ether oxygens (including phenoxy) is 1. The van der Waals surface area contributed by atoms with Gasteiger partial charge < -0.3 is 15.2 Å². The summed E-state index contributed by atoms with van der Waals surface area (Å²) < 4.78 is 4.85. The molecule has 0 aliphatic rings. The molecule has 1 unspecified atom stereocenters. The van der Waals surface area contributed by atoms with Crippen LogP contribution in [0.5, 0.6) is 6.01 Å². The van der Waals surface area contributed by atoms with E-state index in [0.29, 0.717) is 18.9 Å². The normalized spacial score (nSPS) is 12.2. The molecule has 2 N–H and O–H groups in total. The maximum absolute atomic E-state index is 9.35. The van der Waals surface area contributed by atoms with Crippen molar-refractivity contribution in [2.24, 2.45) is 0 Å². The summed E-state index contributed by atoms with van der Waals surface area (Å²) in [6, 6.07) is 0.165. The van der Waals surface area contributed by atoms with E-state index in [1.807, 2.05) is 6.92 Å². The molecule has 6 nitrogen and oxygen atoms in total. The second kappa shape index (κ2) is 6.44. The van der Waals surface area contributed by atoms with Gasteiger partial charge in [0.25, 0.3) is 0 Å². The molecule has 0 aromatic carbocycles. The number of aliphatic hydroxyl groups is 1. The summed E-state index contributed by atoms with van der Waals surface area (Å²) in [7, 11) is 1.45. The second-order valence-electron chi connectivity index (χ2n) is 3.19. The topological polar surface area (TPSA) is 80.2 Å². The molecule has 0 bridgehead atoms. The van der Waals surface area contributed by atoms with Crippen LogP contribution in [0, 0.1) is 0 Å². The Bertz CT molecular complexity index is 337. The van der Waals surface area contributed by atoms with E-state index < -0.39 is 0 Å². The highest BCUT2D eigenvalue weighted by Gasteiger charge is 2.05. The second-order valence-corrected chi connectivity index (χ2v) is 3.53. The molecule has 0 aliphatic heterocycles. The summed E-state index contributed by atoms with van der Waals surface area (Å²) in [4.78, 5) is 11.6. The molecule has 90 valence electrons. The molecule has 0 aliphatic carbocycles. The minimum Gasteiger partial charge on any atom is -0.467 e. The third kappa shape index (κ3) is 4.16. The number of nitrogens with zero attached hydrogens (tertiary/aromatic N) is 3. The van der Waals surface area contributed by atoms with E-state index in [1.54, 1.807) is 0 Å². The summed E-state index contributed by atoms with van der Waals surface area (Å²) in [5, 5.41) is 12.4. The van der Waals surface area contributed by atoms with Gasteiger partial charge in [0.05, 0.1) is 13.2 Å². The molecule has 0 amide bonds. The van der Waals surface area contributed by atoms with Gasteiger partial charge in [-0.25, -0.2) is 0 Å². The van der Waals surface area contributed by atoms with Gasteiger partial charge in [0.1, 0.15) is 0 Å². The average molecular weight is 247 g/mol. The van der Waals surface area contributed by atoms with Crippen molar-refractivity contribution in [3.05, 3.63) is 5.28 Å². The van der Waals surface area contributed by atoms with Crippen molar-refractivity contribution in [1.29, 1.82) is 0 Å². The highest BCUT2D eigenvalue weighted by Crippen LogP contribution is 2.10. The molecule has 0 saturated carbocycles.